The van der Waals surface area contributed by atoms with Crippen molar-refractivity contribution in [1.29, 1.82) is 0 Å². The van der Waals surface area contributed by atoms with Gasteiger partial charge in [-0.15, -0.1) is 11.3 Å². The molecule has 3 heteroatoms. The molecule has 1 aromatic heterocycles. The maximum atomic E-state index is 4.66. The van der Waals surface area contributed by atoms with E-state index in [1.165, 1.54) is 36.4 Å². The molecule has 90 valence electrons. The Morgan fingerprint density at radius 3 is 2.69 bits per heavy atom. The summed E-state index contributed by atoms with van der Waals surface area (Å²) >= 11 is 1.79. The summed E-state index contributed by atoms with van der Waals surface area (Å²) in [6.45, 7) is 7.63. The van der Waals surface area contributed by atoms with Crippen LogP contribution in [0, 0.1) is 0 Å². The third-order valence-corrected chi connectivity index (χ3v) is 4.89. The minimum Gasteiger partial charge on any atom is -0.306 e. The van der Waals surface area contributed by atoms with E-state index in [-0.39, 0.29) is 0 Å². The highest BCUT2D eigenvalue weighted by atomic mass is 32.1. The van der Waals surface area contributed by atoms with Crippen LogP contribution in [0.2, 0.25) is 0 Å². The summed E-state index contributed by atoms with van der Waals surface area (Å²) in [5, 5.41) is 7.15. The van der Waals surface area contributed by atoms with Gasteiger partial charge in [-0.05, 0) is 25.7 Å². The standard InChI is InChI=1S/C13H22N2S/c1-4-13(6-5-7-13)14-8-11-9-16-12(15-11)10(2)3/h9-10,14H,4-8H2,1-3H3. The van der Waals surface area contributed by atoms with Gasteiger partial charge in [-0.25, -0.2) is 4.98 Å². The number of thiazole rings is 1. The Morgan fingerprint density at radius 2 is 2.25 bits per heavy atom. The van der Waals surface area contributed by atoms with Crippen LogP contribution in [0.15, 0.2) is 5.38 Å². The molecule has 0 radical (unpaired) electrons. The molecule has 0 aromatic carbocycles. The number of rotatable bonds is 5. The maximum Gasteiger partial charge on any atom is 0.0954 e. The first-order chi connectivity index (χ1) is 7.65. The van der Waals surface area contributed by atoms with Gasteiger partial charge in [0.2, 0.25) is 0 Å². The molecule has 0 bridgehead atoms. The summed E-state index contributed by atoms with van der Waals surface area (Å²) < 4.78 is 0. The van der Waals surface area contributed by atoms with Crippen LogP contribution in [0.4, 0.5) is 0 Å². The second kappa shape index (κ2) is 4.84. The van der Waals surface area contributed by atoms with Crippen LogP contribution in [-0.2, 0) is 6.54 Å². The topological polar surface area (TPSA) is 24.9 Å². The van der Waals surface area contributed by atoms with Crippen LogP contribution >= 0.6 is 11.3 Å². The molecule has 0 amide bonds. The highest BCUT2D eigenvalue weighted by Gasteiger charge is 2.34. The van der Waals surface area contributed by atoms with E-state index in [2.05, 4.69) is 36.5 Å². The van der Waals surface area contributed by atoms with Crippen molar-refractivity contribution in [2.24, 2.45) is 0 Å². The summed E-state index contributed by atoms with van der Waals surface area (Å²) in [6, 6.07) is 0. The molecule has 0 spiro atoms. The molecule has 2 rings (SSSR count). The lowest BCUT2D eigenvalue weighted by atomic mass is 9.75. The van der Waals surface area contributed by atoms with Crippen LogP contribution in [0.25, 0.3) is 0 Å². The number of hydrogen-bond acceptors (Lipinski definition) is 3. The minimum absolute atomic E-state index is 0.432. The molecular weight excluding hydrogens is 216 g/mol. The fraction of sp³-hybridized carbons (Fsp3) is 0.769. The normalized spacial score (nSPS) is 18.8. The Labute approximate surface area is 102 Å². The quantitative estimate of drug-likeness (QED) is 0.846. The van der Waals surface area contributed by atoms with Gasteiger partial charge >= 0.3 is 0 Å². The van der Waals surface area contributed by atoms with Crippen LogP contribution in [0.5, 0.6) is 0 Å². The smallest absolute Gasteiger partial charge is 0.0954 e. The van der Waals surface area contributed by atoms with E-state index in [1.54, 1.807) is 11.3 Å². The van der Waals surface area contributed by atoms with E-state index in [4.69, 9.17) is 0 Å². The predicted molar refractivity (Wildman–Crippen MR) is 69.9 cm³/mol. The van der Waals surface area contributed by atoms with Crippen molar-refractivity contribution in [2.75, 3.05) is 0 Å². The molecule has 0 unspecified atom stereocenters. The predicted octanol–water partition coefficient (Wildman–Crippen LogP) is 3.69. The van der Waals surface area contributed by atoms with Crippen LogP contribution < -0.4 is 5.32 Å². The average Bonchev–Trinajstić information content (AvgIpc) is 2.65. The van der Waals surface area contributed by atoms with Gasteiger partial charge in [0.25, 0.3) is 0 Å². The van der Waals surface area contributed by atoms with Gasteiger partial charge in [0.1, 0.15) is 0 Å². The molecule has 0 atom stereocenters. The van der Waals surface area contributed by atoms with Crippen molar-refractivity contribution in [3.8, 4) is 0 Å². The fourth-order valence-electron chi connectivity index (χ4n) is 2.21. The molecule has 1 heterocycles. The van der Waals surface area contributed by atoms with Crippen LogP contribution in [0.1, 0.15) is 63.1 Å². The first-order valence-electron chi connectivity index (χ1n) is 6.34. The van der Waals surface area contributed by atoms with Crippen molar-refractivity contribution >= 4 is 11.3 Å². The van der Waals surface area contributed by atoms with E-state index >= 15 is 0 Å². The number of hydrogen-bond donors (Lipinski definition) is 1. The molecular formula is C13H22N2S. The first-order valence-corrected chi connectivity index (χ1v) is 7.22. The minimum atomic E-state index is 0.432. The van der Waals surface area contributed by atoms with Crippen LogP contribution in [0.3, 0.4) is 0 Å². The van der Waals surface area contributed by atoms with E-state index in [1.807, 2.05) is 0 Å². The van der Waals surface area contributed by atoms with Crippen molar-refractivity contribution < 1.29 is 0 Å². The highest BCUT2D eigenvalue weighted by Crippen LogP contribution is 2.34. The van der Waals surface area contributed by atoms with Gasteiger partial charge in [-0.1, -0.05) is 20.8 Å². The summed E-state index contributed by atoms with van der Waals surface area (Å²) in [7, 11) is 0. The fourth-order valence-corrected chi connectivity index (χ4v) is 3.04. The van der Waals surface area contributed by atoms with E-state index < -0.39 is 0 Å². The Morgan fingerprint density at radius 1 is 1.50 bits per heavy atom. The summed E-state index contributed by atoms with van der Waals surface area (Å²) in [5.74, 6) is 0.558. The Bertz CT molecular complexity index is 334. The van der Waals surface area contributed by atoms with Crippen molar-refractivity contribution in [2.45, 2.75) is 64.5 Å². The lowest BCUT2D eigenvalue weighted by Gasteiger charge is -2.42. The third kappa shape index (κ3) is 2.46. The second-order valence-electron chi connectivity index (χ2n) is 5.17. The summed E-state index contributed by atoms with van der Waals surface area (Å²) in [5.41, 5.74) is 1.65. The molecule has 1 aliphatic rings. The largest absolute Gasteiger partial charge is 0.306 e. The molecule has 0 saturated heterocycles. The lowest BCUT2D eigenvalue weighted by molar-refractivity contribution is 0.175. The molecule has 16 heavy (non-hydrogen) atoms. The zero-order valence-electron chi connectivity index (χ0n) is 10.5. The van der Waals surface area contributed by atoms with Crippen molar-refractivity contribution in [1.82, 2.24) is 10.3 Å². The maximum absolute atomic E-state index is 4.66. The zero-order valence-corrected chi connectivity index (χ0v) is 11.4. The van der Waals surface area contributed by atoms with Gasteiger partial charge < -0.3 is 5.32 Å². The number of nitrogens with one attached hydrogen (secondary N) is 1. The Hall–Kier alpha value is -0.410. The average molecular weight is 238 g/mol. The van der Waals surface area contributed by atoms with Gasteiger partial charge in [-0.2, -0.15) is 0 Å². The molecule has 2 nitrogen and oxygen atoms in total. The summed E-state index contributed by atoms with van der Waals surface area (Å²) in [6.07, 6.45) is 5.30. The Kier molecular flexibility index (Phi) is 3.65. The molecule has 1 aromatic rings. The van der Waals surface area contributed by atoms with E-state index in [9.17, 15) is 0 Å². The van der Waals surface area contributed by atoms with Crippen molar-refractivity contribution in [3.63, 3.8) is 0 Å². The highest BCUT2D eigenvalue weighted by molar-refractivity contribution is 7.09. The van der Waals surface area contributed by atoms with E-state index in [0.717, 1.165) is 6.54 Å². The van der Waals surface area contributed by atoms with Gasteiger partial charge in [0.05, 0.1) is 10.7 Å². The molecule has 1 aliphatic carbocycles. The second-order valence-corrected chi connectivity index (χ2v) is 6.06. The van der Waals surface area contributed by atoms with Gasteiger partial charge in [0, 0.05) is 23.4 Å². The van der Waals surface area contributed by atoms with Crippen molar-refractivity contribution in [3.05, 3.63) is 16.1 Å². The third-order valence-electron chi connectivity index (χ3n) is 3.70. The zero-order chi connectivity index (χ0) is 11.6. The summed E-state index contributed by atoms with van der Waals surface area (Å²) in [4.78, 5) is 4.66. The first kappa shape index (κ1) is 12.1. The SMILES string of the molecule is CCC1(NCc2csc(C(C)C)n2)CCC1. The number of aromatic nitrogens is 1. The molecule has 1 N–H and O–H groups in total. The lowest BCUT2D eigenvalue weighted by Crippen LogP contribution is -2.49. The van der Waals surface area contributed by atoms with E-state index in [0.29, 0.717) is 11.5 Å². The van der Waals surface area contributed by atoms with Gasteiger partial charge in [0.15, 0.2) is 0 Å². The molecule has 1 saturated carbocycles. The monoisotopic (exact) mass is 238 g/mol. The number of nitrogens with zero attached hydrogens (tertiary/aromatic N) is 1. The van der Waals surface area contributed by atoms with Gasteiger partial charge in [-0.3, -0.25) is 0 Å². The van der Waals surface area contributed by atoms with Crippen LogP contribution in [-0.4, -0.2) is 10.5 Å². The molecule has 0 aliphatic heterocycles. The Balaban J connectivity index is 1.89. The molecule has 1 fully saturated rings.